The maximum atomic E-state index is 13.0. The zero-order chi connectivity index (χ0) is 21.5. The van der Waals surface area contributed by atoms with Crippen LogP contribution in [0.25, 0.3) is 10.9 Å². The fraction of sp³-hybridized carbons (Fsp3) is 0.579. The molecule has 2 atom stereocenters. The molecule has 0 bridgehead atoms. The Morgan fingerprint density at radius 1 is 1.13 bits per heavy atom. The Hall–Kier alpha value is -1.56. The number of ether oxygens (including phenoxy) is 1. The van der Waals surface area contributed by atoms with Gasteiger partial charge >= 0.3 is 0 Å². The molecule has 3 heterocycles. The molecule has 2 saturated heterocycles. The molecule has 9 nitrogen and oxygen atoms in total. The number of aromatic nitrogens is 2. The van der Waals surface area contributed by atoms with E-state index >= 15 is 0 Å². The molecular formula is C19H26ClN5O4S. The van der Waals surface area contributed by atoms with Crippen molar-refractivity contribution < 1.29 is 13.2 Å². The van der Waals surface area contributed by atoms with Crippen LogP contribution in [0.4, 0.5) is 0 Å². The zero-order valence-corrected chi connectivity index (χ0v) is 18.6. The highest BCUT2D eigenvalue weighted by molar-refractivity contribution is 7.86. The van der Waals surface area contributed by atoms with Crippen molar-refractivity contribution in [2.45, 2.75) is 32.6 Å². The van der Waals surface area contributed by atoms with Gasteiger partial charge in [0.15, 0.2) is 0 Å². The zero-order valence-electron chi connectivity index (χ0n) is 17.0. The molecule has 2 aliphatic rings. The summed E-state index contributed by atoms with van der Waals surface area (Å²) in [6, 6.07) is 5.03. The van der Waals surface area contributed by atoms with Crippen molar-refractivity contribution >= 4 is 32.7 Å². The summed E-state index contributed by atoms with van der Waals surface area (Å²) in [5.74, 6) is 0.557. The van der Waals surface area contributed by atoms with Gasteiger partial charge in [-0.3, -0.25) is 9.69 Å². The average Bonchev–Trinajstić information content (AvgIpc) is 2.68. The van der Waals surface area contributed by atoms with Gasteiger partial charge < -0.3 is 9.72 Å². The van der Waals surface area contributed by atoms with Crippen LogP contribution in [-0.4, -0.2) is 83.4 Å². The fourth-order valence-corrected chi connectivity index (χ4v) is 5.97. The van der Waals surface area contributed by atoms with Crippen LogP contribution in [0.1, 0.15) is 19.7 Å². The third-order valence-electron chi connectivity index (χ3n) is 5.46. The predicted octanol–water partition coefficient (Wildman–Crippen LogP) is 1.05. The van der Waals surface area contributed by atoms with Gasteiger partial charge in [0, 0.05) is 44.3 Å². The van der Waals surface area contributed by atoms with Crippen molar-refractivity contribution in [2.75, 3.05) is 39.3 Å². The van der Waals surface area contributed by atoms with E-state index in [-0.39, 0.29) is 17.8 Å². The van der Waals surface area contributed by atoms with Crippen LogP contribution in [0.2, 0.25) is 5.02 Å². The van der Waals surface area contributed by atoms with E-state index in [0.29, 0.717) is 67.6 Å². The minimum atomic E-state index is -3.51. The van der Waals surface area contributed by atoms with E-state index in [4.69, 9.17) is 16.3 Å². The van der Waals surface area contributed by atoms with Crippen LogP contribution in [0.3, 0.4) is 0 Å². The SMILES string of the molecule is C[C@H]1CN(S(=O)(=O)N2CCN(Cc3nc4ccc(Cl)cc4c(=O)[nH]3)CC2)C[C@H](C)O1. The van der Waals surface area contributed by atoms with E-state index in [2.05, 4.69) is 14.9 Å². The lowest BCUT2D eigenvalue weighted by Crippen LogP contribution is -2.57. The van der Waals surface area contributed by atoms with Gasteiger partial charge in [-0.1, -0.05) is 11.6 Å². The van der Waals surface area contributed by atoms with Crippen molar-refractivity contribution in [3.05, 3.63) is 39.4 Å². The summed E-state index contributed by atoms with van der Waals surface area (Å²) in [6.07, 6.45) is -0.231. The van der Waals surface area contributed by atoms with Gasteiger partial charge in [-0.15, -0.1) is 0 Å². The maximum absolute atomic E-state index is 13.0. The smallest absolute Gasteiger partial charge is 0.282 e. The number of fused-ring (bicyclic) bond motifs is 1. The first-order chi connectivity index (χ1) is 14.2. The first kappa shape index (κ1) is 21.7. The van der Waals surface area contributed by atoms with E-state index in [1.54, 1.807) is 18.2 Å². The molecule has 2 aliphatic heterocycles. The van der Waals surface area contributed by atoms with Crippen LogP contribution in [0, 0.1) is 0 Å². The first-order valence-electron chi connectivity index (χ1n) is 10.0. The number of morpholine rings is 1. The summed E-state index contributed by atoms with van der Waals surface area (Å²) >= 11 is 5.96. The molecule has 2 fully saturated rings. The van der Waals surface area contributed by atoms with Crippen LogP contribution in [0.15, 0.2) is 23.0 Å². The van der Waals surface area contributed by atoms with Crippen molar-refractivity contribution in [2.24, 2.45) is 0 Å². The Labute approximate surface area is 180 Å². The maximum Gasteiger partial charge on any atom is 0.282 e. The van der Waals surface area contributed by atoms with Gasteiger partial charge in [-0.25, -0.2) is 4.98 Å². The van der Waals surface area contributed by atoms with E-state index in [1.165, 1.54) is 8.61 Å². The van der Waals surface area contributed by atoms with E-state index in [0.717, 1.165) is 0 Å². The van der Waals surface area contributed by atoms with Gasteiger partial charge in [0.2, 0.25) is 0 Å². The number of halogens is 1. The number of nitrogens with zero attached hydrogens (tertiary/aromatic N) is 4. The molecule has 1 aromatic carbocycles. The van der Waals surface area contributed by atoms with Gasteiger partial charge in [-0.2, -0.15) is 17.0 Å². The molecule has 0 spiro atoms. The molecule has 0 radical (unpaired) electrons. The first-order valence-corrected chi connectivity index (χ1v) is 11.8. The lowest BCUT2D eigenvalue weighted by atomic mass is 10.2. The van der Waals surface area contributed by atoms with Crippen LogP contribution in [0.5, 0.6) is 0 Å². The predicted molar refractivity (Wildman–Crippen MR) is 115 cm³/mol. The number of hydrogen-bond donors (Lipinski definition) is 1. The Morgan fingerprint density at radius 2 is 1.80 bits per heavy atom. The van der Waals surface area contributed by atoms with Crippen molar-refractivity contribution in [1.29, 1.82) is 0 Å². The Morgan fingerprint density at radius 3 is 2.47 bits per heavy atom. The number of nitrogens with one attached hydrogen (secondary N) is 1. The molecule has 1 aromatic heterocycles. The van der Waals surface area contributed by atoms with Gasteiger partial charge in [0.05, 0.1) is 29.7 Å². The molecular weight excluding hydrogens is 430 g/mol. The second kappa shape index (κ2) is 8.52. The second-order valence-corrected chi connectivity index (χ2v) is 10.3. The highest BCUT2D eigenvalue weighted by Gasteiger charge is 2.36. The highest BCUT2D eigenvalue weighted by atomic mass is 35.5. The third-order valence-corrected chi connectivity index (χ3v) is 7.66. The molecule has 0 saturated carbocycles. The fourth-order valence-electron chi connectivity index (χ4n) is 4.05. The Balaban J connectivity index is 1.41. The molecule has 0 amide bonds. The van der Waals surface area contributed by atoms with E-state index in [1.807, 2.05) is 13.8 Å². The van der Waals surface area contributed by atoms with Crippen molar-refractivity contribution in [3.63, 3.8) is 0 Å². The van der Waals surface area contributed by atoms with Gasteiger partial charge in [0.1, 0.15) is 5.82 Å². The normalized spacial score (nSPS) is 25.0. The molecule has 0 unspecified atom stereocenters. The van der Waals surface area contributed by atoms with E-state index in [9.17, 15) is 13.2 Å². The standard InChI is InChI=1S/C19H26ClN5O4S/c1-13-10-25(11-14(2)29-13)30(27,28)24-7-5-23(6-8-24)12-18-21-17-4-3-15(20)9-16(17)19(26)22-18/h3-4,9,13-14H,5-8,10-12H2,1-2H3,(H,21,22,26)/t13-,14-/m0/s1. The lowest BCUT2D eigenvalue weighted by molar-refractivity contribution is -0.0457. The minimum absolute atomic E-state index is 0.115. The molecule has 11 heteroatoms. The van der Waals surface area contributed by atoms with Crippen LogP contribution >= 0.6 is 11.6 Å². The Bertz CT molecular complexity index is 1070. The minimum Gasteiger partial charge on any atom is -0.373 e. The monoisotopic (exact) mass is 455 g/mol. The average molecular weight is 456 g/mol. The molecule has 164 valence electrons. The third kappa shape index (κ3) is 4.53. The summed E-state index contributed by atoms with van der Waals surface area (Å²) in [6.45, 7) is 6.91. The number of hydrogen-bond acceptors (Lipinski definition) is 6. The Kier molecular flexibility index (Phi) is 6.16. The van der Waals surface area contributed by atoms with Crippen LogP contribution in [-0.2, 0) is 21.5 Å². The largest absolute Gasteiger partial charge is 0.373 e. The van der Waals surface area contributed by atoms with Crippen molar-refractivity contribution in [3.8, 4) is 0 Å². The number of rotatable bonds is 4. The molecule has 2 aromatic rings. The second-order valence-electron chi connectivity index (χ2n) is 7.93. The molecule has 1 N–H and O–H groups in total. The van der Waals surface area contributed by atoms with Gasteiger partial charge in [-0.05, 0) is 32.0 Å². The molecule has 0 aliphatic carbocycles. The number of H-pyrrole nitrogens is 1. The summed E-state index contributed by atoms with van der Waals surface area (Å²) in [7, 11) is -3.51. The number of aromatic amines is 1. The molecule has 4 rings (SSSR count). The lowest BCUT2D eigenvalue weighted by Gasteiger charge is -2.40. The highest BCUT2D eigenvalue weighted by Crippen LogP contribution is 2.20. The summed E-state index contributed by atoms with van der Waals surface area (Å²) < 4.78 is 34.8. The quantitative estimate of drug-likeness (QED) is 0.739. The van der Waals surface area contributed by atoms with Gasteiger partial charge in [0.25, 0.3) is 15.8 Å². The summed E-state index contributed by atoms with van der Waals surface area (Å²) in [5, 5.41) is 0.945. The summed E-state index contributed by atoms with van der Waals surface area (Å²) in [5.41, 5.74) is 0.365. The van der Waals surface area contributed by atoms with E-state index < -0.39 is 10.2 Å². The van der Waals surface area contributed by atoms with Crippen LogP contribution < -0.4 is 5.56 Å². The number of benzene rings is 1. The summed E-state index contributed by atoms with van der Waals surface area (Å²) in [4.78, 5) is 21.7. The van der Waals surface area contributed by atoms with Crippen molar-refractivity contribution in [1.82, 2.24) is 23.5 Å². The molecule has 30 heavy (non-hydrogen) atoms. The topological polar surface area (TPSA) is 98.8 Å². The number of piperazine rings is 1.